The third kappa shape index (κ3) is 4.81. The van der Waals surface area contributed by atoms with E-state index in [0.717, 1.165) is 11.3 Å². The lowest BCUT2D eigenvalue weighted by molar-refractivity contribution is -0.120. The molecule has 0 spiro atoms. The molecule has 3 aromatic carbocycles. The van der Waals surface area contributed by atoms with Gasteiger partial charge in [-0.25, -0.2) is 0 Å². The van der Waals surface area contributed by atoms with Crippen molar-refractivity contribution >= 4 is 11.6 Å². The maximum absolute atomic E-state index is 14.3. The zero-order valence-corrected chi connectivity index (χ0v) is 21.4. The molecule has 6 nitrogen and oxygen atoms in total. The number of fused-ring (bicyclic) bond motifs is 1. The largest absolute Gasteiger partial charge is 0.477 e. The van der Waals surface area contributed by atoms with Crippen LogP contribution in [0, 0.1) is 49.4 Å². The molecule has 0 fully saturated rings. The van der Waals surface area contributed by atoms with E-state index in [-0.39, 0.29) is 32.3 Å². The minimum atomic E-state index is -1.27. The van der Waals surface area contributed by atoms with Crippen molar-refractivity contribution in [2.45, 2.75) is 5.41 Å². The first kappa shape index (κ1) is 26.6. The van der Waals surface area contributed by atoms with Crippen molar-refractivity contribution in [1.82, 2.24) is 0 Å². The van der Waals surface area contributed by atoms with Crippen LogP contribution in [0.4, 0.5) is 5.69 Å². The molecule has 0 unspecified atom stereocenters. The molecule has 1 aliphatic rings. The molecule has 192 valence electrons. The van der Waals surface area contributed by atoms with Crippen LogP contribution in [0.5, 0.6) is 23.0 Å². The van der Waals surface area contributed by atoms with E-state index in [1.807, 2.05) is 36.4 Å². The van der Waals surface area contributed by atoms with Gasteiger partial charge in [0.1, 0.15) is 31.8 Å². The molecule has 4 rings (SSSR count). The number of anilines is 1. The van der Waals surface area contributed by atoms with Gasteiger partial charge in [-0.05, 0) is 41.5 Å². The molecule has 1 heterocycles. The van der Waals surface area contributed by atoms with Gasteiger partial charge in [-0.2, -0.15) is 0 Å². The maximum atomic E-state index is 14.3. The second-order valence-electron chi connectivity index (χ2n) is 8.43. The Kier molecular flexibility index (Phi) is 8.02. The number of carbonyl (C=O) groups excluding carboxylic acids is 1. The summed E-state index contributed by atoms with van der Waals surface area (Å²) in [6, 6.07) is 18.2. The first-order valence-electron chi connectivity index (χ1n) is 11.9. The Balaban J connectivity index is 2.00. The molecule has 39 heavy (non-hydrogen) atoms. The normalized spacial score (nSPS) is 12.7. The Morgan fingerprint density at radius 2 is 1.10 bits per heavy atom. The molecule has 3 aromatic rings. The molecular formula is C33H25NO5. The lowest BCUT2D eigenvalue weighted by Gasteiger charge is -2.31. The topological polar surface area (TPSA) is 57.2 Å². The van der Waals surface area contributed by atoms with Gasteiger partial charge in [0, 0.05) is 18.3 Å². The van der Waals surface area contributed by atoms with Crippen LogP contribution in [0.1, 0.15) is 16.7 Å². The van der Waals surface area contributed by atoms with Gasteiger partial charge in [0.2, 0.25) is 5.91 Å². The second-order valence-corrected chi connectivity index (χ2v) is 8.43. The summed E-state index contributed by atoms with van der Waals surface area (Å²) in [5.41, 5.74) is 1.52. The number of likely N-dealkylation sites (N-methyl/N-ethyl adjacent to an activating group) is 1. The first-order valence-corrected chi connectivity index (χ1v) is 11.9. The van der Waals surface area contributed by atoms with Crippen LogP contribution in [0.2, 0.25) is 0 Å². The smallest absolute Gasteiger partial charge is 0.246 e. The third-order valence-corrected chi connectivity index (χ3v) is 6.29. The van der Waals surface area contributed by atoms with E-state index in [9.17, 15) is 4.79 Å². The highest BCUT2D eigenvalue weighted by atomic mass is 16.5. The SMILES string of the molecule is C#CCOc1ccc(C2(c3ccc(OCC#C)c(OCC#C)c3)C(=O)N(C)c3ccccc32)cc1OCC#C. The predicted octanol–water partition coefficient (Wildman–Crippen LogP) is 4.05. The lowest BCUT2D eigenvalue weighted by Crippen LogP contribution is -2.40. The van der Waals surface area contributed by atoms with Gasteiger partial charge >= 0.3 is 0 Å². The molecule has 0 saturated heterocycles. The minimum Gasteiger partial charge on any atom is -0.477 e. The molecule has 0 N–H and O–H groups in total. The van der Waals surface area contributed by atoms with Gasteiger partial charge in [-0.3, -0.25) is 4.79 Å². The number of benzene rings is 3. The fraction of sp³-hybridized carbons (Fsp3) is 0.182. The number of nitrogens with zero attached hydrogens (tertiary/aromatic N) is 1. The standard InChI is InChI=1S/C33H25NO5/c1-6-18-36-28-16-14-24(22-30(28)38-20-8-3)33(26-12-10-11-13-27(26)34(5)32(33)35)25-15-17-29(37-19-7-2)31(23-25)39-21-9-4/h1-4,10-17,22-23H,18-21H2,5H3. The highest BCUT2D eigenvalue weighted by Gasteiger charge is 2.52. The lowest BCUT2D eigenvalue weighted by atomic mass is 9.70. The Morgan fingerprint density at radius 1 is 0.667 bits per heavy atom. The third-order valence-electron chi connectivity index (χ3n) is 6.29. The van der Waals surface area contributed by atoms with Crippen molar-refractivity contribution in [3.8, 4) is 72.4 Å². The van der Waals surface area contributed by atoms with Crippen LogP contribution in [-0.4, -0.2) is 39.4 Å². The Bertz CT molecular complexity index is 1480. The van der Waals surface area contributed by atoms with Gasteiger partial charge in [-0.15, -0.1) is 25.7 Å². The molecule has 0 aromatic heterocycles. The van der Waals surface area contributed by atoms with Crippen LogP contribution in [0.15, 0.2) is 60.7 Å². The summed E-state index contributed by atoms with van der Waals surface area (Å²) in [6.07, 6.45) is 21.7. The summed E-state index contributed by atoms with van der Waals surface area (Å²) in [4.78, 5) is 15.9. The first-order chi connectivity index (χ1) is 19.0. The van der Waals surface area contributed by atoms with E-state index < -0.39 is 5.41 Å². The summed E-state index contributed by atoms with van der Waals surface area (Å²) in [5, 5.41) is 0. The van der Waals surface area contributed by atoms with E-state index >= 15 is 0 Å². The van der Waals surface area contributed by atoms with E-state index in [0.29, 0.717) is 34.1 Å². The molecule has 0 radical (unpaired) electrons. The molecule has 0 atom stereocenters. The molecular weight excluding hydrogens is 490 g/mol. The van der Waals surface area contributed by atoms with Gasteiger partial charge < -0.3 is 23.8 Å². The summed E-state index contributed by atoms with van der Waals surface area (Å²) < 4.78 is 23.0. The minimum absolute atomic E-state index is 0.00139. The van der Waals surface area contributed by atoms with Gasteiger partial charge in [0.05, 0.1) is 0 Å². The van der Waals surface area contributed by atoms with Gasteiger partial charge in [0.15, 0.2) is 23.0 Å². The number of rotatable bonds is 10. The molecule has 0 saturated carbocycles. The van der Waals surface area contributed by atoms with Crippen molar-refractivity contribution in [2.24, 2.45) is 0 Å². The van der Waals surface area contributed by atoms with Crippen LogP contribution >= 0.6 is 0 Å². The number of terminal acetylenes is 4. The quantitative estimate of drug-likeness (QED) is 0.382. The van der Waals surface area contributed by atoms with Crippen LogP contribution in [0.25, 0.3) is 0 Å². The van der Waals surface area contributed by atoms with E-state index in [1.54, 1.807) is 36.2 Å². The molecule has 0 bridgehead atoms. The zero-order valence-electron chi connectivity index (χ0n) is 21.4. The number of amides is 1. The van der Waals surface area contributed by atoms with Crippen molar-refractivity contribution in [2.75, 3.05) is 38.4 Å². The number of hydrogen-bond donors (Lipinski definition) is 0. The van der Waals surface area contributed by atoms with E-state index in [1.165, 1.54) is 0 Å². The van der Waals surface area contributed by atoms with Crippen molar-refractivity contribution in [3.63, 3.8) is 0 Å². The van der Waals surface area contributed by atoms with Crippen LogP contribution in [-0.2, 0) is 10.2 Å². The maximum Gasteiger partial charge on any atom is 0.246 e. The second kappa shape index (κ2) is 11.7. The molecule has 6 heteroatoms. The summed E-state index contributed by atoms with van der Waals surface area (Å²) in [6.45, 7) is 0.0734. The highest BCUT2D eigenvalue weighted by molar-refractivity contribution is 6.12. The molecule has 1 amide bonds. The fourth-order valence-corrected chi connectivity index (χ4v) is 4.71. The van der Waals surface area contributed by atoms with E-state index in [4.69, 9.17) is 44.6 Å². The van der Waals surface area contributed by atoms with Gasteiger partial charge in [-0.1, -0.05) is 54.0 Å². The Hall–Kier alpha value is -5.43. The van der Waals surface area contributed by atoms with Crippen molar-refractivity contribution in [3.05, 3.63) is 77.4 Å². The highest BCUT2D eigenvalue weighted by Crippen LogP contribution is 2.52. The van der Waals surface area contributed by atoms with Gasteiger partial charge in [0.25, 0.3) is 0 Å². The Morgan fingerprint density at radius 3 is 1.56 bits per heavy atom. The zero-order chi connectivity index (χ0) is 27.8. The molecule has 1 aliphatic heterocycles. The van der Waals surface area contributed by atoms with Crippen molar-refractivity contribution in [1.29, 1.82) is 0 Å². The summed E-state index contributed by atoms with van der Waals surface area (Å²) >= 11 is 0. The monoisotopic (exact) mass is 515 g/mol. The predicted molar refractivity (Wildman–Crippen MR) is 150 cm³/mol. The van der Waals surface area contributed by atoms with Crippen molar-refractivity contribution < 1.29 is 23.7 Å². The number of carbonyl (C=O) groups is 1. The number of ether oxygens (including phenoxy) is 4. The summed E-state index contributed by atoms with van der Waals surface area (Å²) in [7, 11) is 1.74. The number of hydrogen-bond acceptors (Lipinski definition) is 5. The average Bonchev–Trinajstić information content (AvgIpc) is 3.20. The summed E-state index contributed by atoms with van der Waals surface area (Å²) in [5.74, 6) is 11.2. The van der Waals surface area contributed by atoms with E-state index in [2.05, 4.69) is 23.7 Å². The Labute approximate surface area is 228 Å². The van der Waals surface area contributed by atoms with Crippen LogP contribution in [0.3, 0.4) is 0 Å². The molecule has 0 aliphatic carbocycles. The number of para-hydroxylation sites is 1. The fourth-order valence-electron chi connectivity index (χ4n) is 4.71. The van der Waals surface area contributed by atoms with Crippen LogP contribution < -0.4 is 23.8 Å². The average molecular weight is 516 g/mol.